The molecule has 25 heavy (non-hydrogen) atoms. The molecule has 0 radical (unpaired) electrons. The number of rotatable bonds is 3. The van der Waals surface area contributed by atoms with E-state index in [1.807, 2.05) is 30.3 Å². The number of ether oxygens (including phenoxy) is 2. The molecule has 124 valence electrons. The Labute approximate surface area is 148 Å². The van der Waals surface area contributed by atoms with Gasteiger partial charge in [-0.3, -0.25) is 4.79 Å². The monoisotopic (exact) mass is 353 g/mol. The Kier molecular flexibility index (Phi) is 3.95. The third kappa shape index (κ3) is 3.12. The van der Waals surface area contributed by atoms with Crippen LogP contribution in [0.25, 0.3) is 10.9 Å². The number of nitrogens with one attached hydrogen (secondary N) is 1. The second-order valence-corrected chi connectivity index (χ2v) is 5.69. The fourth-order valence-corrected chi connectivity index (χ4v) is 2.66. The van der Waals surface area contributed by atoms with Crippen molar-refractivity contribution in [1.82, 2.24) is 10.4 Å². The van der Waals surface area contributed by atoms with Crippen LogP contribution < -0.4 is 14.9 Å². The lowest BCUT2D eigenvalue weighted by Crippen LogP contribution is -2.17. The third-order valence-corrected chi connectivity index (χ3v) is 4.01. The van der Waals surface area contributed by atoms with Crippen LogP contribution in [0, 0.1) is 0 Å². The van der Waals surface area contributed by atoms with Gasteiger partial charge in [0, 0.05) is 16.5 Å². The van der Waals surface area contributed by atoms with Crippen LogP contribution in [0.1, 0.15) is 15.9 Å². The van der Waals surface area contributed by atoms with E-state index >= 15 is 0 Å². The zero-order valence-electron chi connectivity index (χ0n) is 12.9. The Hall–Kier alpha value is -3.12. The standard InChI is InChI=1S/C18H12ClN3O3/c19-17-13(7-11-3-1-2-4-14(11)21-17)9-20-22-18(23)12-5-6-15-16(8-12)25-10-24-15/h1-9H,10H2,(H,22,23)/b20-9+. The van der Waals surface area contributed by atoms with Crippen molar-refractivity contribution in [1.29, 1.82) is 0 Å². The van der Waals surface area contributed by atoms with Crippen molar-refractivity contribution in [3.63, 3.8) is 0 Å². The number of pyridine rings is 1. The molecule has 2 heterocycles. The van der Waals surface area contributed by atoms with E-state index < -0.39 is 0 Å². The molecule has 1 aliphatic heterocycles. The molecule has 0 atom stereocenters. The number of hydrazone groups is 1. The summed E-state index contributed by atoms with van der Waals surface area (Å²) in [5.41, 5.74) is 4.30. The Morgan fingerprint density at radius 2 is 2.00 bits per heavy atom. The first kappa shape index (κ1) is 15.4. The smallest absolute Gasteiger partial charge is 0.271 e. The molecule has 0 spiro atoms. The third-order valence-electron chi connectivity index (χ3n) is 3.71. The average Bonchev–Trinajstić information content (AvgIpc) is 3.09. The maximum Gasteiger partial charge on any atom is 0.271 e. The predicted molar refractivity (Wildman–Crippen MR) is 94.4 cm³/mol. The van der Waals surface area contributed by atoms with Crippen molar-refractivity contribution < 1.29 is 14.3 Å². The van der Waals surface area contributed by atoms with Gasteiger partial charge in [-0.2, -0.15) is 5.10 Å². The number of carbonyl (C=O) groups excluding carboxylic acids is 1. The molecule has 0 fully saturated rings. The van der Waals surface area contributed by atoms with Crippen LogP contribution in [0.3, 0.4) is 0 Å². The summed E-state index contributed by atoms with van der Waals surface area (Å²) >= 11 is 6.15. The van der Waals surface area contributed by atoms with Crippen LogP contribution in [-0.2, 0) is 0 Å². The number of fused-ring (bicyclic) bond motifs is 2. The number of aromatic nitrogens is 1. The molecule has 0 bridgehead atoms. The summed E-state index contributed by atoms with van der Waals surface area (Å²) in [5.74, 6) is 0.798. The van der Waals surface area contributed by atoms with E-state index in [-0.39, 0.29) is 12.7 Å². The normalized spacial score (nSPS) is 12.7. The fourth-order valence-electron chi connectivity index (χ4n) is 2.46. The van der Waals surface area contributed by atoms with Gasteiger partial charge in [-0.05, 0) is 30.3 Å². The van der Waals surface area contributed by atoms with Crippen molar-refractivity contribution >= 4 is 34.6 Å². The van der Waals surface area contributed by atoms with E-state index in [0.717, 1.165) is 10.9 Å². The Balaban J connectivity index is 1.51. The van der Waals surface area contributed by atoms with E-state index in [0.29, 0.717) is 27.8 Å². The van der Waals surface area contributed by atoms with Crippen molar-refractivity contribution in [3.05, 3.63) is 64.8 Å². The Morgan fingerprint density at radius 1 is 1.16 bits per heavy atom. The number of halogens is 1. The molecule has 4 rings (SSSR count). The number of nitrogens with zero attached hydrogens (tertiary/aromatic N) is 2. The SMILES string of the molecule is O=C(N/N=C/c1cc2ccccc2nc1Cl)c1ccc2c(c1)OCO2. The number of hydrogen-bond donors (Lipinski definition) is 1. The molecule has 0 saturated carbocycles. The van der Waals surface area contributed by atoms with E-state index in [4.69, 9.17) is 21.1 Å². The average molecular weight is 354 g/mol. The van der Waals surface area contributed by atoms with Crippen LogP contribution in [0.2, 0.25) is 5.15 Å². The molecular weight excluding hydrogens is 342 g/mol. The lowest BCUT2D eigenvalue weighted by molar-refractivity contribution is 0.0954. The van der Waals surface area contributed by atoms with Gasteiger partial charge in [0.05, 0.1) is 11.7 Å². The highest BCUT2D eigenvalue weighted by Crippen LogP contribution is 2.32. The van der Waals surface area contributed by atoms with Gasteiger partial charge in [0.15, 0.2) is 11.5 Å². The number of carbonyl (C=O) groups is 1. The van der Waals surface area contributed by atoms with E-state index in [2.05, 4.69) is 15.5 Å². The molecule has 1 aromatic heterocycles. The maximum atomic E-state index is 12.2. The topological polar surface area (TPSA) is 72.8 Å². The molecular formula is C18H12ClN3O3. The second-order valence-electron chi connectivity index (χ2n) is 5.33. The largest absolute Gasteiger partial charge is 0.454 e. The number of hydrogen-bond acceptors (Lipinski definition) is 5. The first-order valence-electron chi connectivity index (χ1n) is 7.49. The van der Waals surface area contributed by atoms with Crippen LogP contribution in [0.4, 0.5) is 0 Å². The van der Waals surface area contributed by atoms with Crippen molar-refractivity contribution in [2.75, 3.05) is 6.79 Å². The van der Waals surface area contributed by atoms with Gasteiger partial charge >= 0.3 is 0 Å². The van der Waals surface area contributed by atoms with Crippen LogP contribution in [0.5, 0.6) is 11.5 Å². The van der Waals surface area contributed by atoms with Gasteiger partial charge in [-0.1, -0.05) is 29.8 Å². The minimum Gasteiger partial charge on any atom is -0.454 e. The molecule has 0 saturated heterocycles. The van der Waals surface area contributed by atoms with Crippen molar-refractivity contribution in [2.45, 2.75) is 0 Å². The zero-order chi connectivity index (χ0) is 17.2. The Morgan fingerprint density at radius 3 is 2.92 bits per heavy atom. The summed E-state index contributed by atoms with van der Waals surface area (Å²) in [5, 5.41) is 5.22. The first-order valence-corrected chi connectivity index (χ1v) is 7.87. The molecule has 1 aliphatic rings. The number of benzene rings is 2. The van der Waals surface area contributed by atoms with Gasteiger partial charge in [-0.25, -0.2) is 10.4 Å². The Bertz CT molecular complexity index is 1000. The van der Waals surface area contributed by atoms with Gasteiger partial charge < -0.3 is 9.47 Å². The number of amides is 1. The molecule has 0 unspecified atom stereocenters. The lowest BCUT2D eigenvalue weighted by Gasteiger charge is -2.03. The fraction of sp³-hybridized carbons (Fsp3) is 0.0556. The first-order chi connectivity index (χ1) is 12.2. The second kappa shape index (κ2) is 6.41. The quantitative estimate of drug-likeness (QED) is 0.445. The molecule has 7 heteroatoms. The van der Waals surface area contributed by atoms with Crippen LogP contribution >= 0.6 is 11.6 Å². The highest BCUT2D eigenvalue weighted by Gasteiger charge is 2.15. The van der Waals surface area contributed by atoms with E-state index in [1.165, 1.54) is 6.21 Å². The van der Waals surface area contributed by atoms with Crippen LogP contribution in [0.15, 0.2) is 53.6 Å². The van der Waals surface area contributed by atoms with Gasteiger partial charge in [0.1, 0.15) is 5.15 Å². The summed E-state index contributed by atoms with van der Waals surface area (Å²) < 4.78 is 10.5. The predicted octanol–water partition coefficient (Wildman–Crippen LogP) is 3.38. The molecule has 6 nitrogen and oxygen atoms in total. The van der Waals surface area contributed by atoms with Crippen molar-refractivity contribution in [3.8, 4) is 11.5 Å². The lowest BCUT2D eigenvalue weighted by atomic mass is 10.2. The summed E-state index contributed by atoms with van der Waals surface area (Å²) in [7, 11) is 0. The van der Waals surface area contributed by atoms with Gasteiger partial charge in [0.2, 0.25) is 6.79 Å². The summed E-state index contributed by atoms with van der Waals surface area (Å²) in [6.45, 7) is 0.159. The highest BCUT2D eigenvalue weighted by atomic mass is 35.5. The van der Waals surface area contributed by atoms with E-state index in [9.17, 15) is 4.79 Å². The van der Waals surface area contributed by atoms with E-state index in [1.54, 1.807) is 18.2 Å². The molecule has 0 aliphatic carbocycles. The maximum absolute atomic E-state index is 12.2. The highest BCUT2D eigenvalue weighted by molar-refractivity contribution is 6.32. The zero-order valence-corrected chi connectivity index (χ0v) is 13.7. The van der Waals surface area contributed by atoms with Gasteiger partial charge in [0.25, 0.3) is 5.91 Å². The molecule has 3 aromatic rings. The van der Waals surface area contributed by atoms with Crippen LogP contribution in [-0.4, -0.2) is 23.9 Å². The summed E-state index contributed by atoms with van der Waals surface area (Å²) in [6, 6.07) is 14.4. The summed E-state index contributed by atoms with van der Waals surface area (Å²) in [6.07, 6.45) is 1.46. The van der Waals surface area contributed by atoms with Crippen molar-refractivity contribution in [2.24, 2.45) is 5.10 Å². The molecule has 1 amide bonds. The van der Waals surface area contributed by atoms with Gasteiger partial charge in [-0.15, -0.1) is 0 Å². The minimum absolute atomic E-state index is 0.159. The molecule has 2 aromatic carbocycles. The minimum atomic E-state index is -0.362. The summed E-state index contributed by atoms with van der Waals surface area (Å²) in [4.78, 5) is 16.5. The number of para-hydroxylation sites is 1. The molecule has 1 N–H and O–H groups in total.